The number of fused-ring (bicyclic) bond motifs is 7. The van der Waals surface area contributed by atoms with Gasteiger partial charge in [-0.05, 0) is 42.0 Å². The van der Waals surface area contributed by atoms with Crippen LogP contribution in [0.5, 0.6) is 11.5 Å². The van der Waals surface area contributed by atoms with E-state index in [1.807, 2.05) is 103 Å². The van der Waals surface area contributed by atoms with Gasteiger partial charge in [-0.1, -0.05) is 170 Å². The molecule has 0 spiro atoms. The lowest BCUT2D eigenvalue weighted by Gasteiger charge is -2.38. The Morgan fingerprint density at radius 1 is 0.300 bits per heavy atom. The molecule has 6 heteroatoms. The zero-order chi connectivity index (χ0) is 39.7. The molecular formula is C54H34N4O2. The van der Waals surface area contributed by atoms with Crippen LogP contribution in [0, 0.1) is 0 Å². The average molecular weight is 771 g/mol. The standard InChI is InChI=1S/C54H34N4O2/c1-5-17-35(18-6-1)49-51(57-45-27-15-13-25-43(45)55-49)37-29-31-41-47(33-37)59-54(40-23-11-4-12-24-40)53(41,39-21-9-3-10-22-39)42-32-30-38(34-48(42)60-54)52-50(36-19-7-2-8-20-36)56-44-26-14-16-28-46(44)58-52/h1-34H. The molecule has 2 aromatic heterocycles. The molecule has 0 amide bonds. The quantitative estimate of drug-likeness (QED) is 0.168. The number of nitrogens with zero attached hydrogens (tertiary/aromatic N) is 4. The number of benzene rings is 8. The van der Waals surface area contributed by atoms with E-state index in [0.29, 0.717) is 0 Å². The van der Waals surface area contributed by atoms with Crippen molar-refractivity contribution in [2.45, 2.75) is 11.2 Å². The van der Waals surface area contributed by atoms with Crippen molar-refractivity contribution in [3.63, 3.8) is 0 Å². The molecule has 10 aromatic rings. The van der Waals surface area contributed by atoms with Gasteiger partial charge in [0.15, 0.2) is 0 Å². The first-order valence-corrected chi connectivity index (χ1v) is 20.1. The molecule has 2 aliphatic rings. The molecule has 2 aliphatic heterocycles. The molecule has 0 unspecified atom stereocenters. The topological polar surface area (TPSA) is 70.0 Å². The average Bonchev–Trinajstić information content (AvgIpc) is 3.78. The normalized spacial score (nSPS) is 17.4. The van der Waals surface area contributed by atoms with Gasteiger partial charge in [0.05, 0.1) is 44.8 Å². The second-order valence-electron chi connectivity index (χ2n) is 15.3. The van der Waals surface area contributed by atoms with Gasteiger partial charge in [0.2, 0.25) is 0 Å². The summed E-state index contributed by atoms with van der Waals surface area (Å²) in [5.41, 5.74) is 13.3. The first-order chi connectivity index (χ1) is 29.7. The van der Waals surface area contributed by atoms with Crippen LogP contribution in [0.3, 0.4) is 0 Å². The summed E-state index contributed by atoms with van der Waals surface area (Å²) in [7, 11) is 0. The van der Waals surface area contributed by atoms with Crippen molar-refractivity contribution < 1.29 is 9.47 Å². The number of rotatable bonds is 6. The molecule has 0 bridgehead atoms. The SMILES string of the molecule is c1ccc(-c2nc3ccccc3nc2-c2ccc3c(c2)OC2(c4ccccc4)Oc4cc(-c5nc6ccccc6nc5-c5ccccc5)ccc4C32c2ccccc2)cc1. The van der Waals surface area contributed by atoms with Gasteiger partial charge in [0, 0.05) is 38.9 Å². The molecule has 8 aromatic carbocycles. The van der Waals surface area contributed by atoms with Crippen LogP contribution in [0.1, 0.15) is 22.3 Å². The van der Waals surface area contributed by atoms with E-state index >= 15 is 0 Å². The highest BCUT2D eigenvalue weighted by Gasteiger charge is 2.70. The molecule has 6 nitrogen and oxygen atoms in total. The van der Waals surface area contributed by atoms with Crippen LogP contribution in [-0.2, 0) is 11.2 Å². The van der Waals surface area contributed by atoms with Crippen molar-refractivity contribution in [3.8, 4) is 56.5 Å². The molecule has 60 heavy (non-hydrogen) atoms. The second-order valence-corrected chi connectivity index (χ2v) is 15.3. The van der Waals surface area contributed by atoms with Crippen LogP contribution < -0.4 is 9.47 Å². The Morgan fingerprint density at radius 2 is 0.633 bits per heavy atom. The summed E-state index contributed by atoms with van der Waals surface area (Å²) in [6.07, 6.45) is 0. The van der Waals surface area contributed by atoms with E-state index in [1.54, 1.807) is 0 Å². The molecule has 282 valence electrons. The van der Waals surface area contributed by atoms with E-state index in [1.165, 1.54) is 0 Å². The smallest absolute Gasteiger partial charge is 0.296 e. The third-order valence-electron chi connectivity index (χ3n) is 11.9. The molecule has 0 saturated carbocycles. The van der Waals surface area contributed by atoms with E-state index in [9.17, 15) is 0 Å². The largest absolute Gasteiger partial charge is 0.446 e. The van der Waals surface area contributed by atoms with Crippen LogP contribution >= 0.6 is 0 Å². The molecular weight excluding hydrogens is 737 g/mol. The van der Waals surface area contributed by atoms with Crippen molar-refractivity contribution in [3.05, 3.63) is 229 Å². The van der Waals surface area contributed by atoms with E-state index < -0.39 is 11.2 Å². The molecule has 0 atom stereocenters. The summed E-state index contributed by atoms with van der Waals surface area (Å²) in [4.78, 5) is 20.8. The lowest BCUT2D eigenvalue weighted by Crippen LogP contribution is -2.50. The predicted octanol–water partition coefficient (Wildman–Crippen LogP) is 12.2. The van der Waals surface area contributed by atoms with E-state index in [0.717, 1.165) is 101 Å². The summed E-state index contributed by atoms with van der Waals surface area (Å²) >= 11 is 0. The minimum atomic E-state index is -1.30. The molecule has 0 fully saturated rings. The minimum absolute atomic E-state index is 0.718. The van der Waals surface area contributed by atoms with Gasteiger partial charge in [0.1, 0.15) is 16.9 Å². The molecule has 0 saturated heterocycles. The number of hydrogen-bond acceptors (Lipinski definition) is 6. The summed E-state index contributed by atoms with van der Waals surface area (Å²) < 4.78 is 14.9. The van der Waals surface area contributed by atoms with Gasteiger partial charge < -0.3 is 9.47 Å². The summed E-state index contributed by atoms with van der Waals surface area (Å²) in [5, 5.41) is 0. The lowest BCUT2D eigenvalue weighted by atomic mass is 9.64. The van der Waals surface area contributed by atoms with E-state index in [-0.39, 0.29) is 0 Å². The fourth-order valence-electron chi connectivity index (χ4n) is 9.29. The number of hydrogen-bond donors (Lipinski definition) is 0. The van der Waals surface area contributed by atoms with Gasteiger partial charge >= 0.3 is 0 Å². The Hall–Kier alpha value is -7.96. The van der Waals surface area contributed by atoms with Crippen molar-refractivity contribution in [1.29, 1.82) is 0 Å². The van der Waals surface area contributed by atoms with Crippen molar-refractivity contribution in [2.24, 2.45) is 0 Å². The first-order valence-electron chi connectivity index (χ1n) is 20.1. The Morgan fingerprint density at radius 3 is 1.03 bits per heavy atom. The molecule has 12 rings (SSSR count). The van der Waals surface area contributed by atoms with E-state index in [4.69, 9.17) is 29.4 Å². The first kappa shape index (κ1) is 34.1. The molecule has 0 aliphatic carbocycles. The second kappa shape index (κ2) is 13.3. The van der Waals surface area contributed by atoms with Gasteiger partial charge in [-0.25, -0.2) is 19.9 Å². The van der Waals surface area contributed by atoms with Gasteiger partial charge in [-0.15, -0.1) is 0 Å². The maximum Gasteiger partial charge on any atom is 0.296 e. The van der Waals surface area contributed by atoms with E-state index in [2.05, 4.69) is 103 Å². The van der Waals surface area contributed by atoms with Crippen molar-refractivity contribution in [1.82, 2.24) is 19.9 Å². The summed E-state index contributed by atoms with van der Waals surface area (Å²) in [6.45, 7) is 0. The third-order valence-corrected chi connectivity index (χ3v) is 11.9. The van der Waals surface area contributed by atoms with Crippen LogP contribution in [0.25, 0.3) is 67.1 Å². The molecule has 0 radical (unpaired) electrons. The lowest BCUT2D eigenvalue weighted by molar-refractivity contribution is -0.119. The Bertz CT molecular complexity index is 3090. The minimum Gasteiger partial charge on any atom is -0.446 e. The fourth-order valence-corrected chi connectivity index (χ4v) is 9.29. The molecule has 4 heterocycles. The monoisotopic (exact) mass is 770 g/mol. The Kier molecular flexibility index (Phi) is 7.56. The van der Waals surface area contributed by atoms with Crippen LogP contribution in [0.4, 0.5) is 0 Å². The summed E-state index contributed by atoms with van der Waals surface area (Å²) in [5.74, 6) is 0.137. The number of ether oxygens (including phenoxy) is 2. The Balaban J connectivity index is 1.10. The number of aromatic nitrogens is 4. The van der Waals surface area contributed by atoms with Gasteiger partial charge in [-0.3, -0.25) is 0 Å². The van der Waals surface area contributed by atoms with Gasteiger partial charge in [0.25, 0.3) is 5.79 Å². The number of para-hydroxylation sites is 4. The highest BCUT2D eigenvalue weighted by atomic mass is 16.7. The van der Waals surface area contributed by atoms with Gasteiger partial charge in [-0.2, -0.15) is 0 Å². The van der Waals surface area contributed by atoms with Crippen LogP contribution in [0.15, 0.2) is 206 Å². The Labute approximate surface area is 346 Å². The van der Waals surface area contributed by atoms with Crippen molar-refractivity contribution >= 4 is 22.1 Å². The predicted molar refractivity (Wildman–Crippen MR) is 237 cm³/mol. The zero-order valence-electron chi connectivity index (χ0n) is 32.2. The maximum absolute atomic E-state index is 7.44. The fraction of sp³-hybridized carbons (Fsp3) is 0.0370. The zero-order valence-corrected chi connectivity index (χ0v) is 32.2. The van der Waals surface area contributed by atoms with Crippen LogP contribution in [-0.4, -0.2) is 19.9 Å². The third kappa shape index (κ3) is 5.01. The molecule has 0 N–H and O–H groups in total. The maximum atomic E-state index is 7.44. The van der Waals surface area contributed by atoms with Crippen molar-refractivity contribution in [2.75, 3.05) is 0 Å². The highest BCUT2D eigenvalue weighted by molar-refractivity contribution is 5.89. The summed E-state index contributed by atoms with van der Waals surface area (Å²) in [6, 6.07) is 70.4. The van der Waals surface area contributed by atoms with Crippen LogP contribution in [0.2, 0.25) is 0 Å². The highest BCUT2D eigenvalue weighted by Crippen LogP contribution is 2.67.